The molecule has 0 aromatic rings. The third-order valence-electron chi connectivity index (χ3n) is 1.16. The molecule has 0 saturated heterocycles. The van der Waals surface area contributed by atoms with Gasteiger partial charge in [0.2, 0.25) is 0 Å². The van der Waals surface area contributed by atoms with Crippen molar-refractivity contribution in [2.45, 2.75) is 23.7 Å². The molecule has 3 heteroatoms. The third kappa shape index (κ3) is 7.87. The first kappa shape index (κ1) is 12.5. The van der Waals surface area contributed by atoms with Crippen molar-refractivity contribution in [1.29, 1.82) is 0 Å². The van der Waals surface area contributed by atoms with Crippen molar-refractivity contribution < 1.29 is 9.47 Å². The molecule has 2 nitrogen and oxygen atoms in total. The van der Waals surface area contributed by atoms with Gasteiger partial charge in [-0.1, -0.05) is 0 Å². The van der Waals surface area contributed by atoms with Crippen molar-refractivity contribution in [3.63, 3.8) is 0 Å². The second-order valence-corrected chi connectivity index (χ2v) is 13.6. The number of ether oxygens (including phenoxy) is 2. The van der Waals surface area contributed by atoms with Gasteiger partial charge in [-0.05, 0) is 0 Å². The van der Waals surface area contributed by atoms with Crippen LogP contribution in [0.4, 0.5) is 0 Å². The molecule has 0 atom stereocenters. The Hall–Kier alpha value is -0.481. The summed E-state index contributed by atoms with van der Waals surface area (Å²) in [5.74, 6) is 0. The molecule has 0 saturated carbocycles. The fourth-order valence-corrected chi connectivity index (χ4v) is 2.55. The normalized spacial score (nSPS) is 8.92. The van der Waals surface area contributed by atoms with Crippen molar-refractivity contribution in [1.82, 2.24) is 0 Å². The third-order valence-corrected chi connectivity index (χ3v) is 5.31. The van der Waals surface area contributed by atoms with Gasteiger partial charge in [-0.2, -0.15) is 0 Å². The van der Waals surface area contributed by atoms with Gasteiger partial charge in [0, 0.05) is 0 Å². The van der Waals surface area contributed by atoms with E-state index in [9.17, 15) is 0 Å². The van der Waals surface area contributed by atoms with Crippen molar-refractivity contribution in [3.8, 4) is 20.1 Å². The van der Waals surface area contributed by atoms with Crippen molar-refractivity contribution in [2.24, 2.45) is 0 Å². The first-order valence-corrected chi connectivity index (χ1v) is 13.0. The Kier molecular flexibility index (Phi) is 6.72. The van der Waals surface area contributed by atoms with E-state index in [0.717, 1.165) is 0 Å². The molecule has 0 aromatic carbocycles. The van der Waals surface area contributed by atoms with Gasteiger partial charge in [0.1, 0.15) is 0 Å². The quantitative estimate of drug-likeness (QED) is 0.569. The summed E-state index contributed by atoms with van der Waals surface area (Å²) in [6, 6.07) is 0. The standard InChI is InChI=1S/2C4H5O.2CH3.Sn/c2*1-3-5-4-2;;;/h2*3H2,1H3;2*1H3;. The first-order chi connectivity index (χ1) is 6.12. The van der Waals surface area contributed by atoms with Gasteiger partial charge in [0.05, 0.1) is 0 Å². The zero-order valence-corrected chi connectivity index (χ0v) is 11.6. The Morgan fingerprint density at radius 3 is 1.62 bits per heavy atom. The maximum absolute atomic E-state index is 4.96. The van der Waals surface area contributed by atoms with Crippen LogP contribution in [0.3, 0.4) is 0 Å². The molecular weight excluding hydrogens is 271 g/mol. The monoisotopic (exact) mass is 288 g/mol. The molecule has 0 heterocycles. The molecule has 0 bridgehead atoms. The number of rotatable bonds is 2. The van der Waals surface area contributed by atoms with E-state index in [-0.39, 0.29) is 0 Å². The topological polar surface area (TPSA) is 18.5 Å². The molecule has 0 spiro atoms. The van der Waals surface area contributed by atoms with Crippen LogP contribution < -0.4 is 0 Å². The summed E-state index contributed by atoms with van der Waals surface area (Å²) in [7, 11) is 0. The molecule has 0 aliphatic rings. The zero-order chi connectivity index (χ0) is 10.2. The van der Waals surface area contributed by atoms with Gasteiger partial charge in [-0.25, -0.2) is 0 Å². The zero-order valence-electron chi connectivity index (χ0n) is 8.73. The van der Waals surface area contributed by atoms with Crippen LogP contribution >= 0.6 is 0 Å². The average Bonchev–Trinajstić information content (AvgIpc) is 2.05. The van der Waals surface area contributed by atoms with E-state index in [0.29, 0.717) is 13.2 Å². The second-order valence-electron chi connectivity index (χ2n) is 2.95. The Morgan fingerprint density at radius 1 is 0.923 bits per heavy atom. The van der Waals surface area contributed by atoms with E-state index < -0.39 is 18.4 Å². The summed E-state index contributed by atoms with van der Waals surface area (Å²) in [4.78, 5) is 4.26. The molecule has 0 fully saturated rings. The Labute approximate surface area is 84.9 Å². The van der Waals surface area contributed by atoms with Crippen LogP contribution in [-0.4, -0.2) is 31.6 Å². The minimum absolute atomic E-state index is 0.633. The van der Waals surface area contributed by atoms with E-state index in [1.165, 1.54) is 0 Å². The molecule has 0 aromatic heterocycles. The fraction of sp³-hybridized carbons (Fsp3) is 0.600. The van der Waals surface area contributed by atoms with Crippen LogP contribution in [0.1, 0.15) is 13.8 Å². The molecule has 0 amide bonds. The molecule has 0 rings (SSSR count). The van der Waals surface area contributed by atoms with E-state index in [4.69, 9.17) is 9.47 Å². The van der Waals surface area contributed by atoms with Crippen LogP contribution in [0.2, 0.25) is 9.88 Å². The SMILES string of the molecule is CCOC#[C][Sn]([CH3])([CH3])[C]#COCC. The minimum atomic E-state index is -2.46. The molecule has 72 valence electrons. The van der Waals surface area contributed by atoms with Gasteiger partial charge >= 0.3 is 84.9 Å². The molecule has 0 N–H and O–H groups in total. The molecule has 0 aliphatic heterocycles. The molecule has 0 aliphatic carbocycles. The summed E-state index contributed by atoms with van der Waals surface area (Å²) < 4.78 is 16.1. The van der Waals surface area contributed by atoms with Crippen molar-refractivity contribution >= 4 is 18.4 Å². The maximum atomic E-state index is 4.96. The van der Waals surface area contributed by atoms with E-state index >= 15 is 0 Å². The average molecular weight is 287 g/mol. The van der Waals surface area contributed by atoms with Gasteiger partial charge in [0.25, 0.3) is 0 Å². The summed E-state index contributed by atoms with van der Waals surface area (Å²) in [5.41, 5.74) is 0. The predicted octanol–water partition coefficient (Wildman–Crippen LogP) is 1.77. The van der Waals surface area contributed by atoms with E-state index in [1.807, 2.05) is 13.8 Å². The summed E-state index contributed by atoms with van der Waals surface area (Å²) in [6.45, 7) is 5.10. The van der Waals surface area contributed by atoms with Gasteiger partial charge < -0.3 is 0 Å². The van der Waals surface area contributed by atoms with Crippen LogP contribution in [-0.2, 0) is 9.47 Å². The predicted molar refractivity (Wildman–Crippen MR) is 56.3 cm³/mol. The molecule has 0 radical (unpaired) electrons. The summed E-state index contributed by atoms with van der Waals surface area (Å²) in [6.07, 6.45) is 5.38. The number of hydrogen-bond acceptors (Lipinski definition) is 2. The summed E-state index contributed by atoms with van der Waals surface area (Å²) in [5, 5.41) is 0. The van der Waals surface area contributed by atoms with Crippen LogP contribution in [0.25, 0.3) is 0 Å². The van der Waals surface area contributed by atoms with Crippen LogP contribution in [0.15, 0.2) is 0 Å². The van der Waals surface area contributed by atoms with Gasteiger partial charge in [-0.3, -0.25) is 0 Å². The van der Waals surface area contributed by atoms with Crippen molar-refractivity contribution in [2.75, 3.05) is 13.2 Å². The van der Waals surface area contributed by atoms with Crippen LogP contribution in [0, 0.1) is 20.1 Å². The molecule has 0 unspecified atom stereocenters. The van der Waals surface area contributed by atoms with Gasteiger partial charge in [0.15, 0.2) is 0 Å². The Morgan fingerprint density at radius 2 is 1.31 bits per heavy atom. The Balaban J connectivity index is 4.11. The van der Waals surface area contributed by atoms with Gasteiger partial charge in [-0.15, -0.1) is 0 Å². The summed E-state index contributed by atoms with van der Waals surface area (Å²) >= 11 is -2.46. The molecule has 13 heavy (non-hydrogen) atoms. The molecular formula is C10H16O2Sn. The van der Waals surface area contributed by atoms with Crippen LogP contribution in [0.5, 0.6) is 0 Å². The van der Waals surface area contributed by atoms with E-state index in [2.05, 4.69) is 30.0 Å². The fourth-order valence-electron chi connectivity index (χ4n) is 0.503. The second kappa shape index (κ2) is 6.97. The first-order valence-electron chi connectivity index (χ1n) is 4.40. The van der Waals surface area contributed by atoms with Crippen molar-refractivity contribution in [3.05, 3.63) is 0 Å². The number of hydrogen-bond donors (Lipinski definition) is 0. The van der Waals surface area contributed by atoms with E-state index in [1.54, 1.807) is 0 Å². The Bertz CT molecular complexity index is 224.